The molecule has 0 heterocycles. The Morgan fingerprint density at radius 1 is 1.11 bits per heavy atom. The molecule has 1 rings (SSSR count). The maximum Gasteiger partial charge on any atom is 0.436 e. The molecule has 5 heteroatoms. The van der Waals surface area contributed by atoms with Crippen LogP contribution in [0.15, 0.2) is 30.3 Å². The largest absolute Gasteiger partial charge is 0.436 e. The number of carbonyl (C=O) groups is 1. The normalized spacial score (nSPS) is 10.8. The second-order valence-electron chi connectivity index (χ2n) is 4.28. The number of hydrogen-bond donors (Lipinski definition) is 0. The van der Waals surface area contributed by atoms with E-state index in [0.717, 1.165) is 5.69 Å². The predicted octanol–water partition coefficient (Wildman–Crippen LogP) is 4.74. The molecule has 1 aromatic carbocycles. The molecule has 0 saturated carbocycles. The van der Waals surface area contributed by atoms with Gasteiger partial charge in [0, 0.05) is 10.5 Å². The number of para-hydroxylation sites is 1. The molecule has 0 fully saturated rings. The molecule has 0 radical (unpaired) electrons. The lowest BCUT2D eigenvalue weighted by Crippen LogP contribution is -2.25. The minimum atomic E-state index is -0.335. The van der Waals surface area contributed by atoms with Gasteiger partial charge in [0.1, 0.15) is 0 Å². The maximum atomic E-state index is 12.0. The van der Waals surface area contributed by atoms with Gasteiger partial charge in [0.2, 0.25) is 0 Å². The molecule has 0 unspecified atom stereocenters. The average Bonchev–Trinajstić information content (AvgIpc) is 2.34. The Hall–Kier alpha value is -0.810. The molecule has 0 atom stereocenters. The summed E-state index contributed by atoms with van der Waals surface area (Å²) in [6.07, 6.45) is -0.335. The number of hydrogen-bond acceptors (Lipinski definition) is 4. The summed E-state index contributed by atoms with van der Waals surface area (Å²) in [5.74, 6) is 0. The van der Waals surface area contributed by atoms with Crippen LogP contribution in [0.2, 0.25) is 0 Å². The molecule has 0 bridgehead atoms. The molecule has 1 aromatic rings. The van der Waals surface area contributed by atoms with Crippen LogP contribution in [0.1, 0.15) is 27.7 Å². The standard InChI is InChI=1S/C13H19NO2S2/c1-10(2)17-14(12-8-6-5-7-9-12)13(15)16-18-11(3)4/h5-11H,1-4H3. The van der Waals surface area contributed by atoms with E-state index in [1.807, 2.05) is 58.0 Å². The van der Waals surface area contributed by atoms with E-state index in [0.29, 0.717) is 5.25 Å². The molecule has 0 aromatic heterocycles. The third-order valence-electron chi connectivity index (χ3n) is 1.78. The van der Waals surface area contributed by atoms with Crippen LogP contribution in [0.4, 0.5) is 10.5 Å². The summed E-state index contributed by atoms with van der Waals surface area (Å²) < 4.78 is 6.80. The molecule has 0 saturated heterocycles. The topological polar surface area (TPSA) is 29.5 Å². The highest BCUT2D eigenvalue weighted by atomic mass is 32.2. The van der Waals surface area contributed by atoms with Crippen LogP contribution in [0.3, 0.4) is 0 Å². The van der Waals surface area contributed by atoms with Crippen LogP contribution < -0.4 is 4.31 Å². The van der Waals surface area contributed by atoms with Crippen molar-refractivity contribution in [1.29, 1.82) is 0 Å². The third kappa shape index (κ3) is 5.23. The number of rotatable bonds is 5. The Kier molecular flexibility index (Phi) is 6.43. The quantitative estimate of drug-likeness (QED) is 0.577. The second-order valence-corrected chi connectivity index (χ2v) is 7.10. The fraction of sp³-hybridized carbons (Fsp3) is 0.462. The van der Waals surface area contributed by atoms with E-state index < -0.39 is 0 Å². The van der Waals surface area contributed by atoms with Gasteiger partial charge >= 0.3 is 6.09 Å². The third-order valence-corrected chi connectivity index (χ3v) is 3.40. The summed E-state index contributed by atoms with van der Waals surface area (Å²) in [4.78, 5) is 12.0. The minimum Gasteiger partial charge on any atom is -0.374 e. The van der Waals surface area contributed by atoms with Gasteiger partial charge in [0.05, 0.1) is 17.7 Å². The molecule has 0 aliphatic carbocycles. The summed E-state index contributed by atoms with van der Waals surface area (Å²) in [6.45, 7) is 8.06. The molecule has 100 valence electrons. The van der Waals surface area contributed by atoms with Gasteiger partial charge in [-0.05, 0) is 24.1 Å². The Labute approximate surface area is 118 Å². The molecule has 0 aliphatic rings. The van der Waals surface area contributed by atoms with E-state index in [4.69, 9.17) is 4.18 Å². The molecule has 0 spiro atoms. The van der Waals surface area contributed by atoms with Gasteiger partial charge in [0.25, 0.3) is 0 Å². The van der Waals surface area contributed by atoms with Gasteiger partial charge in [-0.3, -0.25) is 0 Å². The summed E-state index contributed by atoms with van der Waals surface area (Å²) in [7, 11) is 0. The maximum absolute atomic E-state index is 12.0. The number of carbonyl (C=O) groups excluding carboxylic acids is 1. The van der Waals surface area contributed by atoms with Gasteiger partial charge in [-0.25, -0.2) is 9.10 Å². The number of anilines is 1. The van der Waals surface area contributed by atoms with Crippen LogP contribution in [0.5, 0.6) is 0 Å². The highest BCUT2D eigenvalue weighted by Crippen LogP contribution is 2.28. The predicted molar refractivity (Wildman–Crippen MR) is 80.9 cm³/mol. The Morgan fingerprint density at radius 2 is 1.72 bits per heavy atom. The van der Waals surface area contributed by atoms with E-state index in [-0.39, 0.29) is 11.3 Å². The van der Waals surface area contributed by atoms with Gasteiger partial charge in [-0.15, -0.1) is 0 Å². The molecule has 1 amide bonds. The first-order valence-corrected chi connectivity index (χ1v) is 7.54. The van der Waals surface area contributed by atoms with Crippen LogP contribution in [0.25, 0.3) is 0 Å². The van der Waals surface area contributed by atoms with E-state index in [2.05, 4.69) is 0 Å². The van der Waals surface area contributed by atoms with Crippen molar-refractivity contribution in [2.45, 2.75) is 38.2 Å². The zero-order chi connectivity index (χ0) is 13.5. The van der Waals surface area contributed by atoms with Crippen molar-refractivity contribution >= 4 is 35.8 Å². The van der Waals surface area contributed by atoms with Crippen molar-refractivity contribution in [3.63, 3.8) is 0 Å². The Morgan fingerprint density at radius 3 is 2.22 bits per heavy atom. The van der Waals surface area contributed by atoms with Gasteiger partial charge in [-0.2, -0.15) is 0 Å². The molecule has 0 N–H and O–H groups in total. The van der Waals surface area contributed by atoms with Gasteiger partial charge in [0.15, 0.2) is 0 Å². The van der Waals surface area contributed by atoms with Crippen LogP contribution >= 0.6 is 24.0 Å². The first-order valence-electron chi connectivity index (χ1n) is 5.90. The highest BCUT2D eigenvalue weighted by Gasteiger charge is 2.20. The number of benzene rings is 1. The van der Waals surface area contributed by atoms with Crippen LogP contribution in [-0.4, -0.2) is 16.6 Å². The molecular weight excluding hydrogens is 266 g/mol. The minimum absolute atomic E-state index is 0.260. The lowest BCUT2D eigenvalue weighted by Gasteiger charge is -2.22. The highest BCUT2D eigenvalue weighted by molar-refractivity contribution is 8.02. The molecular formula is C13H19NO2S2. The van der Waals surface area contributed by atoms with Gasteiger partial charge < -0.3 is 4.18 Å². The van der Waals surface area contributed by atoms with Crippen LogP contribution in [-0.2, 0) is 4.18 Å². The monoisotopic (exact) mass is 285 g/mol. The smallest absolute Gasteiger partial charge is 0.374 e. The Balaban J connectivity index is 2.75. The lowest BCUT2D eigenvalue weighted by atomic mass is 10.3. The van der Waals surface area contributed by atoms with Crippen molar-refractivity contribution in [3.05, 3.63) is 30.3 Å². The SMILES string of the molecule is CC(C)SOC(=O)N(SC(C)C)c1ccccc1. The summed E-state index contributed by atoms with van der Waals surface area (Å²) in [5, 5.41) is 0.567. The zero-order valence-electron chi connectivity index (χ0n) is 11.1. The fourth-order valence-electron chi connectivity index (χ4n) is 1.15. The second kappa shape index (κ2) is 7.59. The summed E-state index contributed by atoms with van der Waals surface area (Å²) in [5.41, 5.74) is 0.838. The number of nitrogens with zero attached hydrogens (tertiary/aromatic N) is 1. The van der Waals surface area contributed by atoms with Crippen molar-refractivity contribution in [2.24, 2.45) is 0 Å². The van der Waals surface area contributed by atoms with Crippen molar-refractivity contribution in [1.82, 2.24) is 0 Å². The van der Waals surface area contributed by atoms with Gasteiger partial charge in [-0.1, -0.05) is 45.9 Å². The fourth-order valence-corrected chi connectivity index (χ4v) is 2.34. The Bertz CT molecular complexity index is 369. The van der Waals surface area contributed by atoms with Crippen molar-refractivity contribution in [2.75, 3.05) is 4.31 Å². The van der Waals surface area contributed by atoms with E-state index in [1.165, 1.54) is 24.0 Å². The van der Waals surface area contributed by atoms with E-state index in [9.17, 15) is 4.79 Å². The van der Waals surface area contributed by atoms with Crippen molar-refractivity contribution in [3.8, 4) is 0 Å². The van der Waals surface area contributed by atoms with E-state index in [1.54, 1.807) is 4.31 Å². The van der Waals surface area contributed by atoms with Crippen molar-refractivity contribution < 1.29 is 8.98 Å². The zero-order valence-corrected chi connectivity index (χ0v) is 12.8. The molecule has 3 nitrogen and oxygen atoms in total. The lowest BCUT2D eigenvalue weighted by molar-refractivity contribution is 0.219. The summed E-state index contributed by atoms with van der Waals surface area (Å²) in [6, 6.07) is 9.54. The summed E-state index contributed by atoms with van der Waals surface area (Å²) >= 11 is 2.64. The molecule has 0 aliphatic heterocycles. The molecule has 18 heavy (non-hydrogen) atoms. The number of amides is 1. The first kappa shape index (κ1) is 15.2. The average molecular weight is 285 g/mol. The first-order chi connectivity index (χ1) is 8.50. The van der Waals surface area contributed by atoms with Crippen LogP contribution in [0, 0.1) is 0 Å². The van der Waals surface area contributed by atoms with E-state index >= 15 is 0 Å².